The number of aliphatic hydroxyl groups is 1. The molecule has 1 aliphatic rings. The lowest BCUT2D eigenvalue weighted by atomic mass is 9.95. The Morgan fingerprint density at radius 1 is 1.23 bits per heavy atom. The average molecular weight is 442 g/mol. The molecule has 2 heterocycles. The average Bonchev–Trinajstić information content (AvgIpc) is 3.38. The van der Waals surface area contributed by atoms with Crippen molar-refractivity contribution in [3.8, 4) is 0 Å². The molecule has 166 valence electrons. The number of benzene rings is 1. The third kappa shape index (κ3) is 6.77. The fourth-order valence-electron chi connectivity index (χ4n) is 3.94. The first kappa shape index (κ1) is 23.2. The third-order valence-corrected chi connectivity index (χ3v) is 7.05. The number of thiophene rings is 1. The Morgan fingerprint density at radius 2 is 2.00 bits per heavy atom. The van der Waals surface area contributed by atoms with Crippen molar-refractivity contribution in [2.75, 3.05) is 6.54 Å². The number of carboxylic acids is 1. The van der Waals surface area contributed by atoms with Crippen LogP contribution in [0.4, 0.5) is 0 Å². The Morgan fingerprint density at radius 3 is 2.71 bits per heavy atom. The number of nitrogens with zero attached hydrogens (tertiary/aromatic N) is 1. The molecule has 0 saturated carbocycles. The number of hydrogen-bond donors (Lipinski definition) is 2. The lowest BCUT2D eigenvalue weighted by Gasteiger charge is -2.23. The van der Waals surface area contributed by atoms with Crippen molar-refractivity contribution in [2.24, 2.45) is 5.92 Å². The number of hydrogen-bond acceptors (Lipinski definition) is 4. The number of amides is 1. The minimum Gasteiger partial charge on any atom is -0.477 e. The molecule has 5 nitrogen and oxygen atoms in total. The Hall–Kier alpha value is -2.44. The molecule has 2 N–H and O–H groups in total. The van der Waals surface area contributed by atoms with E-state index in [9.17, 15) is 14.7 Å². The van der Waals surface area contributed by atoms with Crippen LogP contribution in [0.15, 0.2) is 54.6 Å². The zero-order valence-electron chi connectivity index (χ0n) is 17.9. The molecule has 0 spiro atoms. The second kappa shape index (κ2) is 11.3. The van der Waals surface area contributed by atoms with E-state index in [1.54, 1.807) is 6.07 Å². The summed E-state index contributed by atoms with van der Waals surface area (Å²) in [6.07, 6.45) is 8.03. The highest BCUT2D eigenvalue weighted by Crippen LogP contribution is 2.23. The second-order valence-electron chi connectivity index (χ2n) is 8.24. The van der Waals surface area contributed by atoms with Crippen molar-refractivity contribution >= 4 is 23.2 Å². The van der Waals surface area contributed by atoms with Gasteiger partial charge in [0.1, 0.15) is 4.88 Å². The molecule has 0 unspecified atom stereocenters. The molecule has 3 rings (SSSR count). The second-order valence-corrected chi connectivity index (χ2v) is 9.41. The summed E-state index contributed by atoms with van der Waals surface area (Å²) in [5.41, 5.74) is 1.28. The first-order chi connectivity index (χ1) is 14.9. The number of likely N-dealkylation sites (tertiary alicyclic amines) is 1. The molecule has 2 aromatic rings. The molecule has 31 heavy (non-hydrogen) atoms. The minimum absolute atomic E-state index is 0.0291. The molecule has 1 amide bonds. The number of aliphatic hydroxyl groups excluding tert-OH is 1. The van der Waals surface area contributed by atoms with Crippen LogP contribution in [0.1, 0.15) is 52.7 Å². The molecule has 1 aromatic carbocycles. The van der Waals surface area contributed by atoms with Crippen LogP contribution in [-0.4, -0.2) is 45.7 Å². The molecule has 0 bridgehead atoms. The monoisotopic (exact) mass is 441 g/mol. The standard InChI is InChI=1S/C25H31NO4S/c1-18(9-10-19-6-3-2-4-7-19)22(27)14-11-20-12-16-24(28)26(20)17-5-8-21-13-15-23(31-21)25(29)30/h2-4,6-7,11,13-15,18,20,22,27H,5,8-10,12,16-17H2,1H3,(H,29,30)/b14-11+/t18-,20-,22-/m0/s1. The van der Waals surface area contributed by atoms with Crippen LogP contribution >= 0.6 is 11.3 Å². The van der Waals surface area contributed by atoms with Gasteiger partial charge in [0.05, 0.1) is 12.1 Å². The summed E-state index contributed by atoms with van der Waals surface area (Å²) in [5.74, 6) is -0.601. The molecule has 6 heteroatoms. The predicted molar refractivity (Wildman–Crippen MR) is 123 cm³/mol. The van der Waals surface area contributed by atoms with E-state index in [-0.39, 0.29) is 17.9 Å². The lowest BCUT2D eigenvalue weighted by molar-refractivity contribution is -0.128. The Kier molecular flexibility index (Phi) is 8.43. The van der Waals surface area contributed by atoms with Gasteiger partial charge in [-0.15, -0.1) is 11.3 Å². The van der Waals surface area contributed by atoms with E-state index in [0.717, 1.165) is 37.0 Å². The molecule has 1 aromatic heterocycles. The Balaban J connectivity index is 1.46. The smallest absolute Gasteiger partial charge is 0.345 e. The van der Waals surface area contributed by atoms with Crippen molar-refractivity contribution in [3.63, 3.8) is 0 Å². The van der Waals surface area contributed by atoms with Crippen LogP contribution in [0.3, 0.4) is 0 Å². The van der Waals surface area contributed by atoms with Crippen LogP contribution < -0.4 is 0 Å². The maximum absolute atomic E-state index is 12.3. The first-order valence-electron chi connectivity index (χ1n) is 11.0. The summed E-state index contributed by atoms with van der Waals surface area (Å²) in [6.45, 7) is 2.70. The topological polar surface area (TPSA) is 77.8 Å². The van der Waals surface area contributed by atoms with Crippen molar-refractivity contribution in [1.29, 1.82) is 0 Å². The van der Waals surface area contributed by atoms with Gasteiger partial charge in [-0.3, -0.25) is 4.79 Å². The van der Waals surface area contributed by atoms with Crippen LogP contribution in [-0.2, 0) is 17.6 Å². The van der Waals surface area contributed by atoms with E-state index < -0.39 is 12.1 Å². The van der Waals surface area contributed by atoms with Crippen molar-refractivity contribution in [1.82, 2.24) is 4.90 Å². The van der Waals surface area contributed by atoms with Gasteiger partial charge in [-0.2, -0.15) is 0 Å². The lowest BCUT2D eigenvalue weighted by Crippen LogP contribution is -2.33. The Bertz CT molecular complexity index is 892. The zero-order valence-corrected chi connectivity index (χ0v) is 18.8. The summed E-state index contributed by atoms with van der Waals surface area (Å²) in [6, 6.07) is 13.8. The van der Waals surface area contributed by atoms with E-state index in [0.29, 0.717) is 17.8 Å². The normalized spacial score (nSPS) is 18.6. The largest absolute Gasteiger partial charge is 0.477 e. The van der Waals surface area contributed by atoms with Crippen molar-refractivity contribution < 1.29 is 19.8 Å². The summed E-state index contributed by atoms with van der Waals surface area (Å²) in [4.78, 5) is 26.6. The van der Waals surface area contributed by atoms with Gasteiger partial charge in [0.15, 0.2) is 0 Å². The van der Waals surface area contributed by atoms with Gasteiger partial charge in [0, 0.05) is 17.8 Å². The van der Waals surface area contributed by atoms with Crippen molar-refractivity contribution in [3.05, 3.63) is 69.9 Å². The third-order valence-electron chi connectivity index (χ3n) is 5.91. The van der Waals surface area contributed by atoms with E-state index in [1.807, 2.05) is 41.3 Å². The fraction of sp³-hybridized carbons (Fsp3) is 0.440. The highest BCUT2D eigenvalue weighted by Gasteiger charge is 2.28. The van der Waals surface area contributed by atoms with Gasteiger partial charge < -0.3 is 15.1 Å². The van der Waals surface area contributed by atoms with E-state index in [1.165, 1.54) is 16.9 Å². The van der Waals surface area contributed by atoms with Crippen molar-refractivity contribution in [2.45, 2.75) is 57.6 Å². The molecular weight excluding hydrogens is 410 g/mol. The van der Waals surface area contributed by atoms with Gasteiger partial charge in [-0.1, -0.05) is 49.4 Å². The molecular formula is C25H31NO4S. The quantitative estimate of drug-likeness (QED) is 0.501. The summed E-state index contributed by atoms with van der Waals surface area (Å²) in [7, 11) is 0. The zero-order chi connectivity index (χ0) is 22.2. The van der Waals surface area contributed by atoms with E-state index in [2.05, 4.69) is 19.1 Å². The predicted octanol–water partition coefficient (Wildman–Crippen LogP) is 4.56. The van der Waals surface area contributed by atoms with Crippen LogP contribution in [0.2, 0.25) is 0 Å². The van der Waals surface area contributed by atoms with Crippen LogP contribution in [0, 0.1) is 5.92 Å². The van der Waals surface area contributed by atoms with Gasteiger partial charge in [0.2, 0.25) is 5.91 Å². The van der Waals surface area contributed by atoms with Crippen LogP contribution in [0.25, 0.3) is 0 Å². The Labute approximate surface area is 188 Å². The molecule has 0 radical (unpaired) electrons. The summed E-state index contributed by atoms with van der Waals surface area (Å²) >= 11 is 1.30. The van der Waals surface area contributed by atoms with Gasteiger partial charge >= 0.3 is 5.97 Å². The molecule has 1 saturated heterocycles. The maximum Gasteiger partial charge on any atom is 0.345 e. The molecule has 1 aliphatic heterocycles. The number of carbonyl (C=O) groups is 2. The van der Waals surface area contributed by atoms with E-state index >= 15 is 0 Å². The van der Waals surface area contributed by atoms with E-state index in [4.69, 9.17) is 5.11 Å². The van der Waals surface area contributed by atoms with Gasteiger partial charge in [0.25, 0.3) is 0 Å². The highest BCUT2D eigenvalue weighted by molar-refractivity contribution is 7.13. The number of carboxylic acid groups (broad SMARTS) is 1. The molecule has 3 atom stereocenters. The van der Waals surface area contributed by atoms with Gasteiger partial charge in [-0.05, 0) is 55.7 Å². The number of rotatable bonds is 11. The molecule has 1 fully saturated rings. The molecule has 0 aliphatic carbocycles. The first-order valence-corrected chi connectivity index (χ1v) is 11.8. The summed E-state index contributed by atoms with van der Waals surface area (Å²) < 4.78 is 0. The van der Waals surface area contributed by atoms with Gasteiger partial charge in [-0.25, -0.2) is 4.79 Å². The SMILES string of the molecule is C[C@@H](CCc1ccccc1)[C@@H](O)/C=C/[C@H]1CCC(=O)N1CCCc1ccc(C(=O)O)s1. The number of carbonyl (C=O) groups excluding carboxylic acids is 1. The van der Waals surface area contributed by atoms with Crippen LogP contribution in [0.5, 0.6) is 0 Å². The maximum atomic E-state index is 12.3. The number of aryl methyl sites for hydroxylation is 2. The summed E-state index contributed by atoms with van der Waals surface area (Å²) in [5, 5.41) is 19.6. The minimum atomic E-state index is -0.896. The highest BCUT2D eigenvalue weighted by atomic mass is 32.1. The number of aromatic carboxylic acids is 1. The fourth-order valence-corrected chi connectivity index (χ4v) is 4.83.